The van der Waals surface area contributed by atoms with Crippen LogP contribution in [0, 0.1) is 0 Å². The predicted molar refractivity (Wildman–Crippen MR) is 114 cm³/mol. The van der Waals surface area contributed by atoms with E-state index in [4.69, 9.17) is 9.72 Å². The number of anilines is 1. The van der Waals surface area contributed by atoms with E-state index >= 15 is 0 Å². The molecule has 3 aromatic rings. The third-order valence-electron chi connectivity index (χ3n) is 5.73. The summed E-state index contributed by atoms with van der Waals surface area (Å²) in [6, 6.07) is 6.11. The number of hydrogen-bond donors (Lipinski definition) is 2. The van der Waals surface area contributed by atoms with Crippen molar-refractivity contribution < 1.29 is 9.84 Å². The first-order chi connectivity index (χ1) is 14.0. The lowest BCUT2D eigenvalue weighted by molar-refractivity contribution is 0.0468. The first-order valence-corrected chi connectivity index (χ1v) is 10.4. The number of pyridine rings is 2. The molecule has 7 heteroatoms. The summed E-state index contributed by atoms with van der Waals surface area (Å²) in [4.78, 5) is 11.8. The van der Waals surface area contributed by atoms with Gasteiger partial charge in [-0.05, 0) is 44.0 Å². The van der Waals surface area contributed by atoms with Crippen LogP contribution in [0.3, 0.4) is 0 Å². The number of aromatic nitrogens is 4. The Morgan fingerprint density at radius 1 is 1.34 bits per heavy atom. The summed E-state index contributed by atoms with van der Waals surface area (Å²) >= 11 is 0. The molecule has 0 spiro atoms. The summed E-state index contributed by atoms with van der Waals surface area (Å²) in [6.45, 7) is 8.30. The lowest BCUT2D eigenvalue weighted by atomic mass is 9.88. The Kier molecular flexibility index (Phi) is 5.52. The van der Waals surface area contributed by atoms with Crippen LogP contribution in [0.15, 0.2) is 30.6 Å². The van der Waals surface area contributed by atoms with Crippen LogP contribution in [0.4, 0.5) is 5.82 Å². The van der Waals surface area contributed by atoms with Gasteiger partial charge in [0.15, 0.2) is 0 Å². The first-order valence-electron chi connectivity index (χ1n) is 10.4. The fraction of sp³-hybridized carbons (Fsp3) is 0.500. The van der Waals surface area contributed by atoms with E-state index in [-0.39, 0.29) is 6.04 Å². The number of unbranched alkanes of at least 4 members (excludes halogenated alkanes) is 1. The molecule has 4 heterocycles. The summed E-state index contributed by atoms with van der Waals surface area (Å²) in [7, 11) is 0. The van der Waals surface area contributed by atoms with E-state index in [1.807, 2.05) is 19.1 Å². The molecule has 2 N–H and O–H groups in total. The zero-order valence-electron chi connectivity index (χ0n) is 17.4. The van der Waals surface area contributed by atoms with Gasteiger partial charge in [0.25, 0.3) is 0 Å². The molecule has 154 valence electrons. The number of aliphatic hydroxyl groups is 1. The van der Waals surface area contributed by atoms with Crippen molar-refractivity contribution in [2.75, 3.05) is 24.7 Å². The van der Waals surface area contributed by atoms with Crippen molar-refractivity contribution in [2.45, 2.75) is 51.7 Å². The van der Waals surface area contributed by atoms with Crippen molar-refractivity contribution in [2.24, 2.45) is 0 Å². The third-order valence-corrected chi connectivity index (χ3v) is 5.73. The Morgan fingerprint density at radius 2 is 2.21 bits per heavy atom. The number of rotatable bonds is 6. The van der Waals surface area contributed by atoms with Crippen LogP contribution in [0.1, 0.15) is 45.6 Å². The van der Waals surface area contributed by atoms with Gasteiger partial charge in [0.05, 0.1) is 30.6 Å². The molecule has 0 aliphatic carbocycles. The van der Waals surface area contributed by atoms with Gasteiger partial charge in [0.2, 0.25) is 0 Å². The van der Waals surface area contributed by atoms with E-state index in [0.29, 0.717) is 19.6 Å². The Balaban J connectivity index is 1.93. The number of hydrogen-bond acceptors (Lipinski definition) is 6. The molecule has 1 saturated heterocycles. The summed E-state index contributed by atoms with van der Waals surface area (Å²) in [5.41, 5.74) is 2.28. The van der Waals surface area contributed by atoms with Gasteiger partial charge in [0.1, 0.15) is 17.0 Å². The fourth-order valence-corrected chi connectivity index (χ4v) is 4.04. The highest BCUT2D eigenvalue weighted by molar-refractivity contribution is 5.94. The molecule has 0 amide bonds. The molecular formula is C22H29N5O2. The van der Waals surface area contributed by atoms with Gasteiger partial charge in [-0.15, -0.1) is 0 Å². The van der Waals surface area contributed by atoms with Crippen LogP contribution in [0.2, 0.25) is 0 Å². The maximum Gasteiger partial charge on any atom is 0.130 e. The summed E-state index contributed by atoms with van der Waals surface area (Å²) in [5, 5.41) is 19.4. The quantitative estimate of drug-likeness (QED) is 0.663. The minimum absolute atomic E-state index is 0.217. The Bertz CT molecular complexity index is 971. The maximum absolute atomic E-state index is 11.4. The van der Waals surface area contributed by atoms with Gasteiger partial charge in [-0.2, -0.15) is 5.10 Å². The molecule has 2 atom stereocenters. The average molecular weight is 396 g/mol. The molecule has 1 fully saturated rings. The zero-order chi connectivity index (χ0) is 20.4. The molecule has 29 heavy (non-hydrogen) atoms. The number of morpholine rings is 1. The number of ether oxygens (including phenoxy) is 1. The highest BCUT2D eigenvalue weighted by Crippen LogP contribution is 2.37. The third kappa shape index (κ3) is 3.84. The van der Waals surface area contributed by atoms with Crippen molar-refractivity contribution in [3.8, 4) is 11.4 Å². The molecule has 0 aromatic carbocycles. The van der Waals surface area contributed by atoms with E-state index in [2.05, 4.69) is 40.0 Å². The van der Waals surface area contributed by atoms with Crippen LogP contribution in [0.5, 0.6) is 0 Å². The van der Waals surface area contributed by atoms with Gasteiger partial charge >= 0.3 is 0 Å². The first kappa shape index (κ1) is 19.8. The number of nitrogens with zero attached hydrogens (tertiary/aromatic N) is 4. The zero-order valence-corrected chi connectivity index (χ0v) is 17.4. The predicted octanol–water partition coefficient (Wildman–Crippen LogP) is 3.64. The molecule has 3 aromatic heterocycles. The molecule has 4 rings (SSSR count). The molecule has 0 saturated carbocycles. The molecule has 0 bridgehead atoms. The molecule has 1 unspecified atom stereocenters. The van der Waals surface area contributed by atoms with Crippen LogP contribution >= 0.6 is 0 Å². The number of aromatic amines is 1. The van der Waals surface area contributed by atoms with Crippen LogP contribution in [0.25, 0.3) is 22.3 Å². The topological polar surface area (TPSA) is 87.2 Å². The maximum atomic E-state index is 11.4. The minimum atomic E-state index is -0.950. The normalized spacial score (nSPS) is 19.4. The second kappa shape index (κ2) is 8.08. The largest absolute Gasteiger partial charge is 0.385 e. The van der Waals surface area contributed by atoms with Crippen LogP contribution in [-0.4, -0.2) is 51.1 Å². The second-order valence-corrected chi connectivity index (χ2v) is 8.05. The van der Waals surface area contributed by atoms with Crippen molar-refractivity contribution in [3.63, 3.8) is 0 Å². The van der Waals surface area contributed by atoms with Gasteiger partial charge in [-0.1, -0.05) is 19.8 Å². The number of fused-ring (bicyclic) bond motifs is 1. The van der Waals surface area contributed by atoms with Crippen molar-refractivity contribution >= 4 is 16.7 Å². The van der Waals surface area contributed by atoms with E-state index in [1.165, 1.54) is 0 Å². The lowest BCUT2D eigenvalue weighted by Gasteiger charge is -2.35. The Morgan fingerprint density at radius 3 is 2.93 bits per heavy atom. The Labute approximate surface area is 171 Å². The molecule has 1 aliphatic rings. The van der Waals surface area contributed by atoms with E-state index < -0.39 is 5.60 Å². The van der Waals surface area contributed by atoms with Crippen LogP contribution in [-0.2, 0) is 10.3 Å². The monoisotopic (exact) mass is 395 g/mol. The number of nitrogens with one attached hydrogen (secondary N) is 1. The summed E-state index contributed by atoms with van der Waals surface area (Å²) in [6.07, 6.45) is 6.17. The molecule has 7 nitrogen and oxygen atoms in total. The van der Waals surface area contributed by atoms with E-state index in [0.717, 1.165) is 53.1 Å². The van der Waals surface area contributed by atoms with Crippen LogP contribution < -0.4 is 4.90 Å². The second-order valence-electron chi connectivity index (χ2n) is 8.05. The molecule has 1 aliphatic heterocycles. The van der Waals surface area contributed by atoms with Gasteiger partial charge < -0.3 is 14.7 Å². The van der Waals surface area contributed by atoms with Gasteiger partial charge in [0, 0.05) is 24.3 Å². The van der Waals surface area contributed by atoms with Crippen molar-refractivity contribution in [3.05, 3.63) is 36.2 Å². The van der Waals surface area contributed by atoms with Gasteiger partial charge in [-0.3, -0.25) is 10.1 Å². The molecule has 0 radical (unpaired) electrons. The highest BCUT2D eigenvalue weighted by atomic mass is 16.5. The lowest BCUT2D eigenvalue weighted by Crippen LogP contribution is -2.44. The van der Waals surface area contributed by atoms with Crippen molar-refractivity contribution in [1.82, 2.24) is 20.2 Å². The van der Waals surface area contributed by atoms with E-state index in [1.54, 1.807) is 12.4 Å². The summed E-state index contributed by atoms with van der Waals surface area (Å²) in [5.74, 6) is 0.855. The smallest absolute Gasteiger partial charge is 0.130 e. The Hall–Kier alpha value is -2.51. The van der Waals surface area contributed by atoms with Gasteiger partial charge in [-0.25, -0.2) is 4.98 Å². The minimum Gasteiger partial charge on any atom is -0.385 e. The summed E-state index contributed by atoms with van der Waals surface area (Å²) < 4.78 is 5.61. The van der Waals surface area contributed by atoms with Crippen molar-refractivity contribution in [1.29, 1.82) is 0 Å². The average Bonchev–Trinajstić information content (AvgIpc) is 3.26. The molecular weight excluding hydrogens is 366 g/mol. The fourth-order valence-electron chi connectivity index (χ4n) is 4.04. The highest BCUT2D eigenvalue weighted by Gasteiger charge is 2.29. The number of H-pyrrole nitrogens is 1. The van der Waals surface area contributed by atoms with E-state index in [9.17, 15) is 5.11 Å². The SMILES string of the molecule is CCCCC(C)(O)c1cc(N2CCOC[C@H]2C)nc2c(-c3ccn[nH]3)nccc12. The standard InChI is InChI=1S/C22H29N5O2/c1-4-5-8-22(3,28)17-13-19(27-11-12-29-14-15(27)2)25-20-16(17)6-9-23-21(20)18-7-10-24-26-18/h6-7,9-10,13,15,28H,4-5,8,11-12,14H2,1-3H3,(H,24,26)/t15-,22?/m1/s1.